The molecule has 2 aromatic carbocycles. The quantitative estimate of drug-likeness (QED) is 0.0472. The van der Waals surface area contributed by atoms with Gasteiger partial charge in [0, 0.05) is 31.4 Å². The number of rotatable bonds is 26. The Hall–Kier alpha value is -7.12. The topological polar surface area (TPSA) is 327 Å². The summed E-state index contributed by atoms with van der Waals surface area (Å²) in [4.78, 5) is 126. The second-order valence-corrected chi connectivity index (χ2v) is 15.1. The number of carbonyl (C=O) groups excluding carboxylic acids is 9. The third kappa shape index (κ3) is 19.8. The smallest absolute Gasteiger partial charge is 0.326 e. The van der Waals surface area contributed by atoms with Gasteiger partial charge in [0.1, 0.15) is 30.2 Å². The fourth-order valence-electron chi connectivity index (χ4n) is 5.82. The van der Waals surface area contributed by atoms with E-state index in [1.807, 2.05) is 13.8 Å². The zero-order chi connectivity index (χ0) is 46.4. The molecule has 0 aromatic heterocycles. The van der Waals surface area contributed by atoms with Gasteiger partial charge in [0.15, 0.2) is 0 Å². The highest BCUT2D eigenvalue weighted by atomic mass is 16.4. The minimum Gasteiger partial charge on any atom is -0.480 e. The first-order valence-electron chi connectivity index (χ1n) is 19.9. The van der Waals surface area contributed by atoms with Crippen LogP contribution in [-0.4, -0.2) is 108 Å². The summed E-state index contributed by atoms with van der Waals surface area (Å²) in [7, 11) is 0. The number of carbonyl (C=O) groups is 10. The van der Waals surface area contributed by atoms with Crippen molar-refractivity contribution in [1.29, 1.82) is 0 Å². The van der Waals surface area contributed by atoms with Gasteiger partial charge in [-0.25, -0.2) is 4.79 Å². The molecule has 2 aromatic rings. The van der Waals surface area contributed by atoms with Gasteiger partial charge in [-0.1, -0.05) is 88.4 Å². The number of primary amides is 2. The number of carboxylic acids is 1. The molecule has 0 aliphatic carbocycles. The second kappa shape index (κ2) is 26.2. The van der Waals surface area contributed by atoms with Crippen LogP contribution in [0, 0.1) is 11.8 Å². The molecule has 2 rings (SSSR count). The molecule has 0 heterocycles. The standard InChI is InChI=1S/C42H57N9O11/c1-24(2)19-29(41(60)51-37(25(3)4)38(44)57)49-40(59)30(20-26-11-7-5-8-12-26)50-39(58)28(15-16-32(43)52)47-34(54)18-17-33(53)45-22-35(55)46-23-36(56)48-31(42(61)62)21-27-13-9-6-10-14-27/h5-14,17-18,24-25,28-31,37H,15-16,19-23H2,1-4H3,(H2,43,52)(H2,44,57)(H,45,53)(H,46,55)(H,47,54)(H,48,56)(H,49,59)(H,50,58)(H,51,60)(H,61,62). The normalized spacial score (nSPS) is 13.4. The number of amides is 9. The number of benzene rings is 2. The molecular formula is C42H57N9O11. The lowest BCUT2D eigenvalue weighted by Crippen LogP contribution is -2.59. The molecule has 336 valence electrons. The van der Waals surface area contributed by atoms with Crippen molar-refractivity contribution >= 4 is 59.1 Å². The Morgan fingerprint density at radius 2 is 1.08 bits per heavy atom. The molecule has 0 aliphatic rings. The van der Waals surface area contributed by atoms with E-state index in [-0.39, 0.29) is 43.9 Å². The molecule has 9 amide bonds. The molecule has 0 saturated carbocycles. The van der Waals surface area contributed by atoms with E-state index in [0.717, 1.165) is 12.2 Å². The van der Waals surface area contributed by atoms with Crippen LogP contribution in [0.25, 0.3) is 0 Å². The Morgan fingerprint density at radius 3 is 1.60 bits per heavy atom. The van der Waals surface area contributed by atoms with Gasteiger partial charge in [0.25, 0.3) is 0 Å². The van der Waals surface area contributed by atoms with Crippen LogP contribution >= 0.6 is 0 Å². The van der Waals surface area contributed by atoms with Crippen molar-refractivity contribution < 1.29 is 53.1 Å². The van der Waals surface area contributed by atoms with E-state index < -0.39 is 102 Å². The maximum absolute atomic E-state index is 13.8. The molecular weight excluding hydrogens is 807 g/mol. The molecule has 0 aliphatic heterocycles. The molecule has 0 radical (unpaired) electrons. The molecule has 5 atom stereocenters. The van der Waals surface area contributed by atoms with E-state index in [1.165, 1.54) is 0 Å². The summed E-state index contributed by atoms with van der Waals surface area (Å²) in [6.07, 6.45) is 0.962. The van der Waals surface area contributed by atoms with Gasteiger partial charge in [-0.05, 0) is 35.8 Å². The van der Waals surface area contributed by atoms with Gasteiger partial charge in [-0.3, -0.25) is 43.2 Å². The van der Waals surface area contributed by atoms with Crippen LogP contribution in [0.2, 0.25) is 0 Å². The summed E-state index contributed by atoms with van der Waals surface area (Å²) in [5.41, 5.74) is 12.1. The van der Waals surface area contributed by atoms with Crippen LogP contribution in [0.3, 0.4) is 0 Å². The Labute approximate surface area is 359 Å². The summed E-state index contributed by atoms with van der Waals surface area (Å²) < 4.78 is 0. The van der Waals surface area contributed by atoms with Crippen molar-refractivity contribution in [3.05, 3.63) is 83.9 Å². The lowest BCUT2D eigenvalue weighted by atomic mass is 9.99. The predicted octanol–water partition coefficient (Wildman–Crippen LogP) is -1.78. The number of carboxylic acid groups (broad SMARTS) is 1. The van der Waals surface area contributed by atoms with Crippen molar-refractivity contribution in [2.75, 3.05) is 13.1 Å². The molecule has 0 fully saturated rings. The molecule has 0 bridgehead atoms. The third-order valence-corrected chi connectivity index (χ3v) is 9.01. The van der Waals surface area contributed by atoms with Crippen LogP contribution in [0.15, 0.2) is 72.8 Å². The first kappa shape index (κ1) is 51.0. The Balaban J connectivity index is 2.09. The van der Waals surface area contributed by atoms with E-state index >= 15 is 0 Å². The van der Waals surface area contributed by atoms with Gasteiger partial charge in [0.05, 0.1) is 13.1 Å². The average molecular weight is 864 g/mol. The number of nitrogens with one attached hydrogen (secondary N) is 7. The van der Waals surface area contributed by atoms with Gasteiger partial charge < -0.3 is 53.8 Å². The highest BCUT2D eigenvalue weighted by Crippen LogP contribution is 2.11. The van der Waals surface area contributed by atoms with Crippen molar-refractivity contribution in [3.8, 4) is 0 Å². The monoisotopic (exact) mass is 863 g/mol. The third-order valence-electron chi connectivity index (χ3n) is 9.01. The second-order valence-electron chi connectivity index (χ2n) is 15.1. The predicted molar refractivity (Wildman–Crippen MR) is 225 cm³/mol. The first-order valence-corrected chi connectivity index (χ1v) is 19.9. The molecule has 5 unspecified atom stereocenters. The van der Waals surface area contributed by atoms with E-state index in [9.17, 15) is 53.1 Å². The van der Waals surface area contributed by atoms with Gasteiger partial charge in [-0.2, -0.15) is 0 Å². The van der Waals surface area contributed by atoms with E-state index in [0.29, 0.717) is 11.1 Å². The van der Waals surface area contributed by atoms with Gasteiger partial charge >= 0.3 is 5.97 Å². The number of aliphatic carboxylic acids is 1. The minimum absolute atomic E-state index is 0.00934. The zero-order valence-corrected chi connectivity index (χ0v) is 35.1. The number of hydrogen-bond acceptors (Lipinski definition) is 10. The summed E-state index contributed by atoms with van der Waals surface area (Å²) in [6.45, 7) is 5.82. The molecule has 62 heavy (non-hydrogen) atoms. The highest BCUT2D eigenvalue weighted by Gasteiger charge is 2.32. The number of hydrogen-bond donors (Lipinski definition) is 10. The highest BCUT2D eigenvalue weighted by molar-refractivity contribution is 6.00. The van der Waals surface area contributed by atoms with Crippen LogP contribution in [0.4, 0.5) is 0 Å². The van der Waals surface area contributed by atoms with Crippen LogP contribution in [-0.2, 0) is 60.8 Å². The molecule has 12 N–H and O–H groups in total. The lowest BCUT2D eigenvalue weighted by molar-refractivity contribution is -0.141. The summed E-state index contributed by atoms with van der Waals surface area (Å²) in [5, 5.41) is 26.4. The SMILES string of the molecule is CC(C)CC(NC(=O)C(Cc1ccccc1)NC(=O)C(CCC(N)=O)NC(=O)C=CC(=O)NCC(=O)NCC(=O)NC(Cc1ccccc1)C(=O)O)C(=O)NC(C(N)=O)C(C)C. The Morgan fingerprint density at radius 1 is 0.581 bits per heavy atom. The van der Waals surface area contributed by atoms with Gasteiger partial charge in [0.2, 0.25) is 53.2 Å². The average Bonchev–Trinajstić information content (AvgIpc) is 3.21. The number of nitrogens with two attached hydrogens (primary N) is 2. The fourth-order valence-corrected chi connectivity index (χ4v) is 5.82. The fraction of sp³-hybridized carbons (Fsp3) is 0.429. The maximum Gasteiger partial charge on any atom is 0.326 e. The van der Waals surface area contributed by atoms with Crippen molar-refractivity contribution in [3.63, 3.8) is 0 Å². The lowest BCUT2D eigenvalue weighted by Gasteiger charge is -2.27. The van der Waals surface area contributed by atoms with Crippen molar-refractivity contribution in [1.82, 2.24) is 37.2 Å². The van der Waals surface area contributed by atoms with Crippen molar-refractivity contribution in [2.45, 2.75) is 90.0 Å². The summed E-state index contributed by atoms with van der Waals surface area (Å²) >= 11 is 0. The first-order chi connectivity index (χ1) is 29.2. The minimum atomic E-state index is -1.45. The molecule has 0 spiro atoms. The molecule has 20 heteroatoms. The summed E-state index contributed by atoms with van der Waals surface area (Å²) in [5.74, 6) is -9.08. The van der Waals surface area contributed by atoms with Crippen LogP contribution in [0.5, 0.6) is 0 Å². The van der Waals surface area contributed by atoms with Crippen LogP contribution < -0.4 is 48.7 Å². The summed E-state index contributed by atoms with van der Waals surface area (Å²) in [6, 6.07) is 11.0. The Kier molecular flexibility index (Phi) is 21.5. The van der Waals surface area contributed by atoms with E-state index in [4.69, 9.17) is 11.5 Å². The Bertz CT molecular complexity index is 1920. The van der Waals surface area contributed by atoms with E-state index in [1.54, 1.807) is 74.5 Å². The van der Waals surface area contributed by atoms with E-state index in [2.05, 4.69) is 37.2 Å². The molecule has 0 saturated heterocycles. The molecule has 20 nitrogen and oxygen atoms in total. The van der Waals surface area contributed by atoms with Gasteiger partial charge in [-0.15, -0.1) is 0 Å². The maximum atomic E-state index is 13.8. The zero-order valence-electron chi connectivity index (χ0n) is 35.1. The largest absolute Gasteiger partial charge is 0.480 e. The van der Waals surface area contributed by atoms with Crippen LogP contribution in [0.1, 0.15) is 58.1 Å². The van der Waals surface area contributed by atoms with Crippen molar-refractivity contribution in [2.24, 2.45) is 23.3 Å².